The fourth-order valence-electron chi connectivity index (χ4n) is 3.21. The maximum Gasteiger partial charge on any atom is 0.407 e. The quantitative estimate of drug-likeness (QED) is 0.300. The van der Waals surface area contributed by atoms with E-state index >= 15 is 0 Å². The summed E-state index contributed by atoms with van der Waals surface area (Å²) in [4.78, 5) is 26.6. The van der Waals surface area contributed by atoms with E-state index in [-0.39, 0.29) is 23.9 Å². The second-order valence-electron chi connectivity index (χ2n) is 8.19. The number of ether oxygens (including phenoxy) is 1. The number of non-ortho nitro benzene ring substituents is 1. The van der Waals surface area contributed by atoms with Crippen molar-refractivity contribution < 1.29 is 14.5 Å². The minimum Gasteiger partial charge on any atom is -0.444 e. The molecule has 1 amide bonds. The Bertz CT molecular complexity index is 737. The summed E-state index contributed by atoms with van der Waals surface area (Å²) in [5.74, 6) is 0.653. The fraction of sp³-hybridized carbons (Fsp3) is 0.600. The van der Waals surface area contributed by atoms with Crippen molar-refractivity contribution >= 4 is 17.7 Å². The summed E-state index contributed by atoms with van der Waals surface area (Å²) in [5.41, 5.74) is 0.385. The van der Waals surface area contributed by atoms with Crippen LogP contribution in [-0.4, -0.2) is 41.7 Å². The van der Waals surface area contributed by atoms with Gasteiger partial charge in [0.25, 0.3) is 5.69 Å². The highest BCUT2D eigenvalue weighted by Crippen LogP contribution is 2.19. The summed E-state index contributed by atoms with van der Waals surface area (Å²) in [6.07, 6.45) is 3.15. The van der Waals surface area contributed by atoms with Crippen molar-refractivity contribution in [3.63, 3.8) is 0 Å². The van der Waals surface area contributed by atoms with Gasteiger partial charge >= 0.3 is 6.09 Å². The predicted molar refractivity (Wildman–Crippen MR) is 112 cm³/mol. The molecule has 1 saturated carbocycles. The summed E-state index contributed by atoms with van der Waals surface area (Å²) >= 11 is 0. The van der Waals surface area contributed by atoms with E-state index in [1.54, 1.807) is 19.2 Å². The predicted octanol–water partition coefficient (Wildman–Crippen LogP) is 3.10. The average Bonchev–Trinajstić information content (AvgIpc) is 2.65. The van der Waals surface area contributed by atoms with Crippen molar-refractivity contribution in [3.8, 4) is 0 Å². The third-order valence-electron chi connectivity index (χ3n) is 4.59. The number of nitro groups is 1. The average molecular weight is 405 g/mol. The zero-order valence-corrected chi connectivity index (χ0v) is 17.5. The SMILES string of the molecule is CN=C(NCc1cccc([N+](=O)[O-])c1)NC1CCC(NC(=O)OC(C)(C)C)CC1. The molecule has 0 spiro atoms. The van der Waals surface area contributed by atoms with E-state index in [1.807, 2.05) is 26.8 Å². The van der Waals surface area contributed by atoms with Crippen LogP contribution in [0.2, 0.25) is 0 Å². The fourth-order valence-corrected chi connectivity index (χ4v) is 3.21. The first-order valence-electron chi connectivity index (χ1n) is 9.86. The topological polar surface area (TPSA) is 118 Å². The molecular weight excluding hydrogens is 374 g/mol. The van der Waals surface area contributed by atoms with Gasteiger partial charge in [0, 0.05) is 37.8 Å². The summed E-state index contributed by atoms with van der Waals surface area (Å²) in [6.45, 7) is 5.98. The van der Waals surface area contributed by atoms with Gasteiger partial charge in [-0.25, -0.2) is 4.79 Å². The lowest BCUT2D eigenvalue weighted by molar-refractivity contribution is -0.384. The number of benzene rings is 1. The Kier molecular flexibility index (Phi) is 7.81. The number of carbonyl (C=O) groups excluding carboxylic acids is 1. The van der Waals surface area contributed by atoms with Crippen LogP contribution in [0.1, 0.15) is 52.0 Å². The van der Waals surface area contributed by atoms with Crippen LogP contribution < -0.4 is 16.0 Å². The van der Waals surface area contributed by atoms with Crippen LogP contribution in [-0.2, 0) is 11.3 Å². The molecule has 9 nitrogen and oxygen atoms in total. The van der Waals surface area contributed by atoms with Crippen molar-refractivity contribution in [1.29, 1.82) is 0 Å². The number of nitrogens with one attached hydrogen (secondary N) is 3. The van der Waals surface area contributed by atoms with Crippen LogP contribution in [0.15, 0.2) is 29.3 Å². The molecule has 0 atom stereocenters. The van der Waals surface area contributed by atoms with E-state index in [4.69, 9.17) is 4.74 Å². The molecule has 0 bridgehead atoms. The Morgan fingerprint density at radius 3 is 2.38 bits per heavy atom. The van der Waals surface area contributed by atoms with Crippen LogP contribution in [0.25, 0.3) is 0 Å². The van der Waals surface area contributed by atoms with Gasteiger partial charge in [-0.05, 0) is 52.0 Å². The first kappa shape index (κ1) is 22.4. The highest BCUT2D eigenvalue weighted by Gasteiger charge is 2.25. The van der Waals surface area contributed by atoms with Crippen molar-refractivity contribution in [2.75, 3.05) is 7.05 Å². The van der Waals surface area contributed by atoms with Gasteiger partial charge in [0.1, 0.15) is 5.60 Å². The molecular formula is C20H31N5O4. The number of nitrogens with zero attached hydrogens (tertiary/aromatic N) is 2. The molecule has 1 aliphatic carbocycles. The number of alkyl carbamates (subject to hydrolysis) is 1. The summed E-state index contributed by atoms with van der Waals surface area (Å²) in [5, 5.41) is 20.4. The molecule has 0 radical (unpaired) electrons. The van der Waals surface area contributed by atoms with Gasteiger partial charge in [-0.2, -0.15) is 0 Å². The van der Waals surface area contributed by atoms with Crippen molar-refractivity contribution in [2.45, 2.75) is 70.7 Å². The van der Waals surface area contributed by atoms with Crippen LogP contribution in [0.4, 0.5) is 10.5 Å². The first-order valence-corrected chi connectivity index (χ1v) is 9.86. The Balaban J connectivity index is 1.76. The van der Waals surface area contributed by atoms with Crippen molar-refractivity contribution in [1.82, 2.24) is 16.0 Å². The maximum atomic E-state index is 11.9. The number of aliphatic imine (C=N–C) groups is 1. The molecule has 160 valence electrons. The molecule has 9 heteroatoms. The van der Waals surface area contributed by atoms with Gasteiger partial charge in [-0.1, -0.05) is 12.1 Å². The lowest BCUT2D eigenvalue weighted by Crippen LogP contribution is -2.47. The summed E-state index contributed by atoms with van der Waals surface area (Å²) in [7, 11) is 1.69. The summed E-state index contributed by atoms with van der Waals surface area (Å²) in [6, 6.07) is 6.89. The third-order valence-corrected chi connectivity index (χ3v) is 4.59. The molecule has 0 unspecified atom stereocenters. The number of carbonyl (C=O) groups is 1. The molecule has 0 saturated heterocycles. The second kappa shape index (κ2) is 10.1. The number of hydrogen-bond donors (Lipinski definition) is 3. The molecule has 1 aromatic carbocycles. The normalized spacial score (nSPS) is 19.9. The Morgan fingerprint density at radius 1 is 1.21 bits per heavy atom. The number of hydrogen-bond acceptors (Lipinski definition) is 5. The number of guanidine groups is 1. The largest absolute Gasteiger partial charge is 0.444 e. The molecule has 1 fully saturated rings. The highest BCUT2D eigenvalue weighted by molar-refractivity contribution is 5.80. The zero-order valence-electron chi connectivity index (χ0n) is 17.5. The van der Waals surface area contributed by atoms with E-state index in [0.29, 0.717) is 12.5 Å². The van der Waals surface area contributed by atoms with E-state index < -0.39 is 10.5 Å². The van der Waals surface area contributed by atoms with Crippen LogP contribution in [0.3, 0.4) is 0 Å². The number of amides is 1. The minimum absolute atomic E-state index is 0.0723. The lowest BCUT2D eigenvalue weighted by Gasteiger charge is -2.31. The van der Waals surface area contributed by atoms with Crippen molar-refractivity contribution in [2.24, 2.45) is 4.99 Å². The standard InChI is InChI=1S/C20H31N5O4/c1-20(2,3)29-19(26)24-16-10-8-15(9-11-16)23-18(21-4)22-13-14-6-5-7-17(12-14)25(27)28/h5-7,12,15-16H,8-11,13H2,1-4H3,(H,24,26)(H2,21,22,23). The molecule has 1 aliphatic rings. The molecule has 2 rings (SSSR count). The Hall–Kier alpha value is -2.84. The molecule has 29 heavy (non-hydrogen) atoms. The second-order valence-corrected chi connectivity index (χ2v) is 8.19. The van der Waals surface area contributed by atoms with Gasteiger partial charge in [0.05, 0.1) is 4.92 Å². The van der Waals surface area contributed by atoms with E-state index in [0.717, 1.165) is 31.2 Å². The highest BCUT2D eigenvalue weighted by atomic mass is 16.6. The van der Waals surface area contributed by atoms with E-state index in [1.165, 1.54) is 6.07 Å². The monoisotopic (exact) mass is 405 g/mol. The number of nitro benzene ring substituents is 1. The lowest BCUT2D eigenvalue weighted by atomic mass is 9.91. The van der Waals surface area contributed by atoms with Gasteiger partial charge in [0.2, 0.25) is 0 Å². The van der Waals surface area contributed by atoms with Crippen LogP contribution in [0, 0.1) is 10.1 Å². The van der Waals surface area contributed by atoms with E-state index in [2.05, 4.69) is 20.9 Å². The molecule has 3 N–H and O–H groups in total. The maximum absolute atomic E-state index is 11.9. The molecule has 0 aromatic heterocycles. The summed E-state index contributed by atoms with van der Waals surface area (Å²) < 4.78 is 5.31. The molecule has 0 heterocycles. The molecule has 0 aliphatic heterocycles. The molecule has 1 aromatic rings. The smallest absolute Gasteiger partial charge is 0.407 e. The van der Waals surface area contributed by atoms with Gasteiger partial charge < -0.3 is 20.7 Å². The zero-order chi connectivity index (χ0) is 21.4. The van der Waals surface area contributed by atoms with E-state index in [9.17, 15) is 14.9 Å². The Morgan fingerprint density at radius 2 is 1.83 bits per heavy atom. The van der Waals surface area contributed by atoms with Gasteiger partial charge in [0.15, 0.2) is 5.96 Å². The number of rotatable bonds is 5. The first-order chi connectivity index (χ1) is 13.7. The third kappa shape index (κ3) is 7.97. The van der Waals surface area contributed by atoms with Gasteiger partial charge in [-0.15, -0.1) is 0 Å². The minimum atomic E-state index is -0.500. The van der Waals surface area contributed by atoms with Crippen LogP contribution in [0.5, 0.6) is 0 Å². The van der Waals surface area contributed by atoms with Gasteiger partial charge in [-0.3, -0.25) is 15.1 Å². The Labute approximate surface area is 171 Å². The van der Waals surface area contributed by atoms with Crippen molar-refractivity contribution in [3.05, 3.63) is 39.9 Å². The van der Waals surface area contributed by atoms with Crippen LogP contribution >= 0.6 is 0 Å².